The van der Waals surface area contributed by atoms with Gasteiger partial charge >= 0.3 is 0 Å². The van der Waals surface area contributed by atoms with Gasteiger partial charge in [0.05, 0.1) is 3.79 Å². The Morgan fingerprint density at radius 1 is 1.21 bits per heavy atom. The maximum absolute atomic E-state index is 12.7. The van der Waals surface area contributed by atoms with E-state index in [9.17, 15) is 13.2 Å². The third-order valence-corrected chi connectivity index (χ3v) is 9.93. The average Bonchev–Trinajstić information content (AvgIpc) is 3.15. The molecular formula is C19H30BrN3O3S2. The van der Waals surface area contributed by atoms with E-state index >= 15 is 0 Å². The molecule has 1 N–H and O–H groups in total. The molecule has 0 bridgehead atoms. The lowest BCUT2D eigenvalue weighted by Gasteiger charge is -2.33. The first-order chi connectivity index (χ1) is 13.4. The van der Waals surface area contributed by atoms with Gasteiger partial charge in [0.2, 0.25) is 5.91 Å². The number of sulfonamides is 1. The number of nitrogens with zero attached hydrogens (tertiary/aromatic N) is 2. The van der Waals surface area contributed by atoms with Gasteiger partial charge in [-0.1, -0.05) is 13.3 Å². The number of nitrogens with one attached hydrogen (secondary N) is 1. The van der Waals surface area contributed by atoms with Gasteiger partial charge in [0.15, 0.2) is 0 Å². The number of carbonyl (C=O) groups excluding carboxylic acids is 1. The molecule has 3 rings (SSSR count). The molecule has 2 fully saturated rings. The van der Waals surface area contributed by atoms with Crippen molar-refractivity contribution in [3.8, 4) is 0 Å². The lowest BCUT2D eigenvalue weighted by atomic mass is 9.85. The van der Waals surface area contributed by atoms with E-state index in [1.807, 2.05) is 6.92 Å². The fourth-order valence-corrected chi connectivity index (χ4v) is 7.71. The first kappa shape index (κ1) is 22.2. The van der Waals surface area contributed by atoms with Crippen LogP contribution in [0.25, 0.3) is 0 Å². The van der Waals surface area contributed by atoms with Gasteiger partial charge in [0, 0.05) is 32.1 Å². The minimum atomic E-state index is -3.42. The second kappa shape index (κ2) is 10.0. The molecule has 1 aromatic heterocycles. The zero-order valence-corrected chi connectivity index (χ0v) is 19.6. The summed E-state index contributed by atoms with van der Waals surface area (Å²) >= 11 is 4.57. The van der Waals surface area contributed by atoms with Gasteiger partial charge in [-0.15, -0.1) is 11.3 Å². The van der Waals surface area contributed by atoms with E-state index in [-0.39, 0.29) is 17.7 Å². The number of piperidine rings is 2. The predicted octanol–water partition coefficient (Wildman–Crippen LogP) is 3.15. The van der Waals surface area contributed by atoms with Crippen molar-refractivity contribution >= 4 is 43.2 Å². The van der Waals surface area contributed by atoms with Crippen molar-refractivity contribution < 1.29 is 13.2 Å². The monoisotopic (exact) mass is 491 g/mol. The molecule has 2 aliphatic heterocycles. The lowest BCUT2D eigenvalue weighted by molar-refractivity contribution is -0.126. The third kappa shape index (κ3) is 5.56. The summed E-state index contributed by atoms with van der Waals surface area (Å²) in [6, 6.07) is 3.41. The fraction of sp³-hybridized carbons (Fsp3) is 0.737. The molecule has 0 aliphatic carbocycles. The highest BCUT2D eigenvalue weighted by Gasteiger charge is 2.34. The van der Waals surface area contributed by atoms with Gasteiger partial charge in [-0.05, 0) is 72.8 Å². The van der Waals surface area contributed by atoms with Crippen LogP contribution in [0.1, 0.15) is 39.0 Å². The topological polar surface area (TPSA) is 69.7 Å². The second-order valence-corrected chi connectivity index (χ2v) is 12.4. The highest BCUT2D eigenvalue weighted by atomic mass is 79.9. The molecule has 28 heavy (non-hydrogen) atoms. The van der Waals surface area contributed by atoms with Crippen molar-refractivity contribution in [2.24, 2.45) is 11.8 Å². The highest BCUT2D eigenvalue weighted by molar-refractivity contribution is 9.11. The number of likely N-dealkylation sites (tertiary alicyclic amines) is 1. The summed E-state index contributed by atoms with van der Waals surface area (Å²) in [5.74, 6) is 0.249. The molecule has 3 heterocycles. The second-order valence-electron chi connectivity index (χ2n) is 7.78. The fourth-order valence-electron chi connectivity index (χ4n) is 4.07. The van der Waals surface area contributed by atoms with Crippen LogP contribution in [-0.4, -0.2) is 62.8 Å². The Balaban J connectivity index is 1.44. The molecule has 0 saturated carbocycles. The number of halogens is 1. The minimum Gasteiger partial charge on any atom is -0.355 e. The summed E-state index contributed by atoms with van der Waals surface area (Å²) in [6.07, 6.45) is 5.29. The van der Waals surface area contributed by atoms with Crippen LogP contribution in [0.4, 0.5) is 0 Å². The molecule has 2 aliphatic rings. The zero-order chi connectivity index (χ0) is 20.1. The van der Waals surface area contributed by atoms with Crippen LogP contribution in [-0.2, 0) is 14.8 Å². The van der Waals surface area contributed by atoms with E-state index in [4.69, 9.17) is 0 Å². The van der Waals surface area contributed by atoms with Crippen molar-refractivity contribution in [2.45, 2.75) is 43.2 Å². The Morgan fingerprint density at radius 2 is 1.89 bits per heavy atom. The molecular weight excluding hydrogens is 462 g/mol. The van der Waals surface area contributed by atoms with Gasteiger partial charge < -0.3 is 10.2 Å². The normalized spacial score (nSPS) is 21.5. The van der Waals surface area contributed by atoms with Gasteiger partial charge in [0.25, 0.3) is 10.0 Å². The molecule has 0 aromatic carbocycles. The Hall–Kier alpha value is -0.480. The van der Waals surface area contributed by atoms with E-state index in [0.717, 1.165) is 36.3 Å². The van der Waals surface area contributed by atoms with Gasteiger partial charge in [-0.25, -0.2) is 8.42 Å². The molecule has 2 saturated heterocycles. The quantitative estimate of drug-likeness (QED) is 0.635. The van der Waals surface area contributed by atoms with Gasteiger partial charge in [0.1, 0.15) is 4.21 Å². The molecule has 0 radical (unpaired) electrons. The first-order valence-electron chi connectivity index (χ1n) is 10.1. The van der Waals surface area contributed by atoms with E-state index in [1.165, 1.54) is 30.6 Å². The Kier molecular flexibility index (Phi) is 7.95. The van der Waals surface area contributed by atoms with Crippen molar-refractivity contribution in [2.75, 3.05) is 39.3 Å². The number of carbonyl (C=O) groups is 1. The third-order valence-electron chi connectivity index (χ3n) is 5.94. The van der Waals surface area contributed by atoms with Crippen LogP contribution in [0.5, 0.6) is 0 Å². The molecule has 158 valence electrons. The maximum atomic E-state index is 12.7. The number of rotatable bonds is 7. The highest BCUT2D eigenvalue weighted by Crippen LogP contribution is 2.32. The van der Waals surface area contributed by atoms with Gasteiger partial charge in [-0.2, -0.15) is 4.31 Å². The van der Waals surface area contributed by atoms with Crippen LogP contribution in [0, 0.1) is 11.8 Å². The van der Waals surface area contributed by atoms with Crippen molar-refractivity contribution in [3.05, 3.63) is 15.9 Å². The molecule has 1 unspecified atom stereocenters. The smallest absolute Gasteiger partial charge is 0.252 e. The Morgan fingerprint density at radius 3 is 2.50 bits per heavy atom. The molecule has 0 spiro atoms. The Bertz CT molecular complexity index is 754. The predicted molar refractivity (Wildman–Crippen MR) is 116 cm³/mol. The number of hydrogen-bond donors (Lipinski definition) is 1. The number of thiophene rings is 1. The molecule has 6 nitrogen and oxygen atoms in total. The molecule has 1 amide bonds. The average molecular weight is 493 g/mol. The van der Waals surface area contributed by atoms with Crippen LogP contribution in [0.3, 0.4) is 0 Å². The number of amides is 1. The summed E-state index contributed by atoms with van der Waals surface area (Å²) in [5, 5.41) is 3.08. The van der Waals surface area contributed by atoms with Crippen molar-refractivity contribution in [1.29, 1.82) is 0 Å². The van der Waals surface area contributed by atoms with Crippen LogP contribution < -0.4 is 5.32 Å². The maximum Gasteiger partial charge on any atom is 0.252 e. The summed E-state index contributed by atoms with van der Waals surface area (Å²) < 4.78 is 28.2. The van der Waals surface area contributed by atoms with Crippen molar-refractivity contribution in [3.63, 3.8) is 0 Å². The standard InChI is InChI=1S/C19H30BrN3O3S2/c1-15(19(24)21-9-14-22-10-3-2-4-11-22)16-7-12-23(13-8-16)28(25,26)18-6-5-17(20)27-18/h5-6,15-16H,2-4,7-14H2,1H3,(H,21,24). The van der Waals surface area contributed by atoms with E-state index in [0.29, 0.717) is 23.8 Å². The van der Waals surface area contributed by atoms with Crippen LogP contribution >= 0.6 is 27.3 Å². The lowest BCUT2D eigenvalue weighted by Crippen LogP contribution is -2.44. The van der Waals surface area contributed by atoms with E-state index in [2.05, 4.69) is 26.1 Å². The van der Waals surface area contributed by atoms with Gasteiger partial charge in [-0.3, -0.25) is 4.79 Å². The minimum absolute atomic E-state index is 0.0814. The SMILES string of the molecule is CC(C(=O)NCCN1CCCCC1)C1CCN(S(=O)(=O)c2ccc(Br)s2)CC1. The zero-order valence-electron chi connectivity index (χ0n) is 16.4. The van der Waals surface area contributed by atoms with E-state index in [1.54, 1.807) is 16.4 Å². The summed E-state index contributed by atoms with van der Waals surface area (Å²) in [4.78, 5) is 14.9. The molecule has 1 aromatic rings. The Labute approximate surface area is 180 Å². The first-order valence-corrected chi connectivity index (χ1v) is 13.2. The largest absolute Gasteiger partial charge is 0.355 e. The molecule has 9 heteroatoms. The van der Waals surface area contributed by atoms with Crippen LogP contribution in [0.15, 0.2) is 20.1 Å². The summed E-state index contributed by atoms with van der Waals surface area (Å²) in [7, 11) is -3.42. The summed E-state index contributed by atoms with van der Waals surface area (Å²) in [5.41, 5.74) is 0. The van der Waals surface area contributed by atoms with Crippen LogP contribution in [0.2, 0.25) is 0 Å². The molecule has 1 atom stereocenters. The number of hydrogen-bond acceptors (Lipinski definition) is 5. The van der Waals surface area contributed by atoms with Crippen molar-refractivity contribution in [1.82, 2.24) is 14.5 Å². The van der Waals surface area contributed by atoms with E-state index < -0.39 is 10.0 Å². The summed E-state index contributed by atoms with van der Waals surface area (Å²) in [6.45, 7) is 6.83.